The number of carbonyl (C=O) groups is 1. The summed E-state index contributed by atoms with van der Waals surface area (Å²) in [4.78, 5) is 15.6. The number of thioether (sulfide) groups is 1. The summed E-state index contributed by atoms with van der Waals surface area (Å²) in [5.74, 6) is -0.0842. The highest BCUT2D eigenvalue weighted by Gasteiger charge is 2.31. The van der Waals surface area contributed by atoms with E-state index < -0.39 is 11.5 Å². The first-order chi connectivity index (χ1) is 8.98. The van der Waals surface area contributed by atoms with Crippen molar-refractivity contribution in [1.82, 2.24) is 10.3 Å². The molecule has 106 valence electrons. The zero-order valence-corrected chi connectivity index (χ0v) is 13.6. The van der Waals surface area contributed by atoms with Crippen molar-refractivity contribution in [1.29, 1.82) is 0 Å². The fourth-order valence-corrected chi connectivity index (χ4v) is 2.72. The molecule has 1 rings (SSSR count). The van der Waals surface area contributed by atoms with Crippen LogP contribution < -0.4 is 5.32 Å². The van der Waals surface area contributed by atoms with Gasteiger partial charge in [0, 0.05) is 16.4 Å². The van der Waals surface area contributed by atoms with Crippen LogP contribution in [-0.2, 0) is 4.79 Å². The van der Waals surface area contributed by atoms with Crippen molar-refractivity contribution in [2.45, 2.75) is 37.3 Å². The van der Waals surface area contributed by atoms with E-state index >= 15 is 0 Å². The van der Waals surface area contributed by atoms with Crippen LogP contribution in [0, 0.1) is 0 Å². The van der Waals surface area contributed by atoms with E-state index in [1.807, 2.05) is 19.1 Å². The molecule has 1 unspecified atom stereocenters. The van der Waals surface area contributed by atoms with Gasteiger partial charge in [-0.2, -0.15) is 0 Å². The number of aromatic nitrogens is 1. The van der Waals surface area contributed by atoms with Crippen molar-refractivity contribution in [3.63, 3.8) is 0 Å². The minimum Gasteiger partial charge on any atom is -0.480 e. The summed E-state index contributed by atoms with van der Waals surface area (Å²) in [5.41, 5.74) is -0.863. The molecule has 1 aromatic rings. The monoisotopic (exact) mass is 346 g/mol. The highest BCUT2D eigenvalue weighted by Crippen LogP contribution is 2.21. The molecule has 0 saturated carbocycles. The molecule has 0 aliphatic carbocycles. The van der Waals surface area contributed by atoms with Crippen LogP contribution in [0.25, 0.3) is 0 Å². The van der Waals surface area contributed by atoms with E-state index in [-0.39, 0.29) is 0 Å². The highest BCUT2D eigenvalue weighted by molar-refractivity contribution is 9.10. The second-order valence-corrected chi connectivity index (χ2v) is 6.51. The van der Waals surface area contributed by atoms with Crippen LogP contribution in [0.1, 0.15) is 26.7 Å². The molecule has 0 bridgehead atoms. The first-order valence-corrected chi connectivity index (χ1v) is 7.98. The zero-order valence-electron chi connectivity index (χ0n) is 11.1. The molecule has 0 fully saturated rings. The highest BCUT2D eigenvalue weighted by atomic mass is 79.9. The third-order valence-electron chi connectivity index (χ3n) is 2.79. The number of pyridine rings is 1. The number of halogens is 1. The van der Waals surface area contributed by atoms with E-state index in [1.165, 1.54) is 0 Å². The molecule has 1 heterocycles. The van der Waals surface area contributed by atoms with Gasteiger partial charge in [-0.25, -0.2) is 4.98 Å². The quantitative estimate of drug-likeness (QED) is 0.708. The maximum Gasteiger partial charge on any atom is 0.323 e. The van der Waals surface area contributed by atoms with E-state index in [1.54, 1.807) is 24.9 Å². The third-order valence-corrected chi connectivity index (χ3v) is 4.20. The average molecular weight is 347 g/mol. The van der Waals surface area contributed by atoms with Gasteiger partial charge >= 0.3 is 5.97 Å². The van der Waals surface area contributed by atoms with Crippen molar-refractivity contribution in [2.24, 2.45) is 0 Å². The van der Waals surface area contributed by atoms with Gasteiger partial charge in [0.2, 0.25) is 0 Å². The van der Waals surface area contributed by atoms with Gasteiger partial charge < -0.3 is 10.4 Å². The Labute approximate surface area is 126 Å². The van der Waals surface area contributed by atoms with Gasteiger partial charge in [0.15, 0.2) is 0 Å². The molecule has 0 aliphatic rings. The Balaban J connectivity index is 2.48. The average Bonchev–Trinajstić information content (AvgIpc) is 2.38. The summed E-state index contributed by atoms with van der Waals surface area (Å²) < 4.78 is 0.942. The summed E-state index contributed by atoms with van der Waals surface area (Å²) in [6.07, 6.45) is 3.23. The van der Waals surface area contributed by atoms with Crippen LogP contribution >= 0.6 is 27.7 Å². The number of aliphatic carboxylic acids is 1. The largest absolute Gasteiger partial charge is 0.480 e. The topological polar surface area (TPSA) is 62.2 Å². The molecular weight excluding hydrogens is 328 g/mol. The molecule has 1 atom stereocenters. The van der Waals surface area contributed by atoms with Gasteiger partial charge in [0.1, 0.15) is 5.54 Å². The lowest BCUT2D eigenvalue weighted by atomic mass is 9.99. The SMILES string of the molecule is CCCNC(C)(CCSc1ccc(Br)cn1)C(=O)O. The fraction of sp³-hybridized carbons (Fsp3) is 0.538. The van der Waals surface area contributed by atoms with Crippen molar-refractivity contribution in [3.05, 3.63) is 22.8 Å². The number of hydrogen-bond donors (Lipinski definition) is 2. The van der Waals surface area contributed by atoms with Gasteiger partial charge in [-0.3, -0.25) is 4.79 Å². The van der Waals surface area contributed by atoms with Crippen LogP contribution in [-0.4, -0.2) is 33.9 Å². The Bertz CT molecular complexity index is 414. The minimum atomic E-state index is -0.863. The predicted molar refractivity (Wildman–Crippen MR) is 81.6 cm³/mol. The molecule has 0 aliphatic heterocycles. The summed E-state index contributed by atoms with van der Waals surface area (Å²) in [5, 5.41) is 13.3. The predicted octanol–water partition coefficient (Wildman–Crippen LogP) is 3.17. The fourth-order valence-electron chi connectivity index (χ4n) is 1.48. The Morgan fingerprint density at radius 1 is 1.58 bits per heavy atom. The summed E-state index contributed by atoms with van der Waals surface area (Å²) in [6.45, 7) is 4.47. The molecule has 4 nitrogen and oxygen atoms in total. The normalized spacial score (nSPS) is 14.1. The van der Waals surface area contributed by atoms with Gasteiger partial charge in [0.05, 0.1) is 5.03 Å². The van der Waals surface area contributed by atoms with Crippen LogP contribution in [0.3, 0.4) is 0 Å². The van der Waals surface area contributed by atoms with Crippen molar-refractivity contribution in [3.8, 4) is 0 Å². The van der Waals surface area contributed by atoms with Crippen molar-refractivity contribution >= 4 is 33.7 Å². The smallest absolute Gasteiger partial charge is 0.323 e. The second-order valence-electron chi connectivity index (χ2n) is 4.48. The summed E-state index contributed by atoms with van der Waals surface area (Å²) in [7, 11) is 0. The molecule has 0 aromatic carbocycles. The van der Waals surface area contributed by atoms with E-state index in [9.17, 15) is 9.90 Å². The summed E-state index contributed by atoms with van der Waals surface area (Å²) in [6, 6.07) is 3.85. The first kappa shape index (κ1) is 16.5. The molecule has 19 heavy (non-hydrogen) atoms. The van der Waals surface area contributed by atoms with Gasteiger partial charge in [0.25, 0.3) is 0 Å². The third kappa shape index (κ3) is 5.50. The van der Waals surface area contributed by atoms with Crippen molar-refractivity contribution < 1.29 is 9.90 Å². The Kier molecular flexibility index (Phi) is 6.82. The number of rotatable bonds is 8. The number of nitrogens with zero attached hydrogens (tertiary/aromatic N) is 1. The molecule has 0 spiro atoms. The van der Waals surface area contributed by atoms with E-state index in [4.69, 9.17) is 0 Å². The first-order valence-electron chi connectivity index (χ1n) is 6.20. The lowest BCUT2D eigenvalue weighted by Gasteiger charge is -2.25. The van der Waals surface area contributed by atoms with Crippen LogP contribution in [0.5, 0.6) is 0 Å². The van der Waals surface area contributed by atoms with Crippen molar-refractivity contribution in [2.75, 3.05) is 12.3 Å². The number of nitrogens with one attached hydrogen (secondary N) is 1. The van der Waals surface area contributed by atoms with E-state index in [0.29, 0.717) is 18.7 Å². The van der Waals surface area contributed by atoms with Crippen LogP contribution in [0.2, 0.25) is 0 Å². The standard InChI is InChI=1S/C13H19BrN2O2S/c1-3-7-16-13(2,12(17)18)6-8-19-11-5-4-10(14)9-15-11/h4-5,9,16H,3,6-8H2,1-2H3,(H,17,18). The molecule has 0 saturated heterocycles. The number of carboxylic acids is 1. The van der Waals surface area contributed by atoms with Gasteiger partial charge in [-0.15, -0.1) is 11.8 Å². The molecule has 1 aromatic heterocycles. The lowest BCUT2D eigenvalue weighted by Crippen LogP contribution is -2.50. The Morgan fingerprint density at radius 3 is 2.84 bits per heavy atom. The minimum absolute atomic E-state index is 0.560. The lowest BCUT2D eigenvalue weighted by molar-refractivity contribution is -0.144. The van der Waals surface area contributed by atoms with Gasteiger partial charge in [-0.05, 0) is 54.4 Å². The Morgan fingerprint density at radius 2 is 2.32 bits per heavy atom. The molecule has 0 radical (unpaired) electrons. The van der Waals surface area contributed by atoms with Gasteiger partial charge in [-0.1, -0.05) is 6.92 Å². The zero-order chi connectivity index (χ0) is 14.3. The molecule has 6 heteroatoms. The molecular formula is C13H19BrN2O2S. The Hall–Kier alpha value is -0.590. The van der Waals surface area contributed by atoms with Crippen LogP contribution in [0.4, 0.5) is 0 Å². The maximum atomic E-state index is 11.3. The molecule has 0 amide bonds. The number of hydrogen-bond acceptors (Lipinski definition) is 4. The molecule has 2 N–H and O–H groups in total. The van der Waals surface area contributed by atoms with Crippen LogP contribution in [0.15, 0.2) is 27.8 Å². The van der Waals surface area contributed by atoms with E-state index in [2.05, 4.69) is 26.2 Å². The summed E-state index contributed by atoms with van der Waals surface area (Å²) >= 11 is 4.90. The maximum absolute atomic E-state index is 11.3. The number of carboxylic acid groups (broad SMARTS) is 1. The second kappa shape index (κ2) is 7.87. The van der Waals surface area contributed by atoms with E-state index in [0.717, 1.165) is 15.9 Å².